The second-order valence-electron chi connectivity index (χ2n) is 12.9. The quantitative estimate of drug-likeness (QED) is 0.293. The smallest absolute Gasteiger partial charge is 0.254 e. The summed E-state index contributed by atoms with van der Waals surface area (Å²) in [6, 6.07) is 26.7. The van der Waals surface area contributed by atoms with Gasteiger partial charge in [0.25, 0.3) is 5.91 Å². The maximum absolute atomic E-state index is 13.9. The molecule has 3 aromatic carbocycles. The number of rotatable bonds is 4. The molecule has 5 heteroatoms. The lowest BCUT2D eigenvalue weighted by Crippen LogP contribution is -2.55. The van der Waals surface area contributed by atoms with E-state index in [1.54, 1.807) is 0 Å². The van der Waals surface area contributed by atoms with E-state index in [2.05, 4.69) is 107 Å². The molecule has 1 aromatic heterocycles. The van der Waals surface area contributed by atoms with Crippen LogP contribution in [0.1, 0.15) is 69.7 Å². The van der Waals surface area contributed by atoms with Gasteiger partial charge in [0.05, 0.1) is 5.41 Å². The van der Waals surface area contributed by atoms with Gasteiger partial charge >= 0.3 is 0 Å². The zero-order valence-corrected chi connectivity index (χ0v) is 25.0. The van der Waals surface area contributed by atoms with Crippen LogP contribution >= 0.6 is 0 Å². The Bertz CT molecular complexity index is 1550. The van der Waals surface area contributed by atoms with Crippen molar-refractivity contribution in [1.29, 1.82) is 0 Å². The minimum absolute atomic E-state index is 0.0176. The highest BCUT2D eigenvalue weighted by atomic mass is 16.2. The topological polar surface area (TPSA) is 41.4 Å². The summed E-state index contributed by atoms with van der Waals surface area (Å²) in [7, 11) is 0. The van der Waals surface area contributed by atoms with Gasteiger partial charge in [-0.15, -0.1) is 0 Å². The van der Waals surface area contributed by atoms with Crippen LogP contribution < -0.4 is 0 Å². The monoisotopic (exact) mass is 558 g/mol. The van der Waals surface area contributed by atoms with Gasteiger partial charge in [-0.05, 0) is 94.3 Å². The van der Waals surface area contributed by atoms with E-state index < -0.39 is 0 Å². The Morgan fingerprint density at radius 3 is 2.43 bits per heavy atom. The predicted octanol–water partition coefficient (Wildman–Crippen LogP) is 6.35. The molecule has 216 valence electrons. The summed E-state index contributed by atoms with van der Waals surface area (Å²) in [5.41, 5.74) is 7.39. The Kier molecular flexibility index (Phi) is 7.23. The number of hydrogen-bond acceptors (Lipinski definition) is 3. The standard InChI is InChI=1S/C37H42N4O/c1-27-22-28(2)24-31(23-27)35(42)41-18-13-32(26-33(41)25-29-8-4-3-5-9-29)39-19-14-37(15-20-39)34-11-7-6-10-30(34)12-17-40-21-16-38-36(37)40/h3-11,16,21-24,32-33H,12-15,17-20,25-26H2,1-2H3. The molecule has 5 nitrogen and oxygen atoms in total. The highest BCUT2D eigenvalue weighted by molar-refractivity contribution is 5.95. The van der Waals surface area contributed by atoms with Crippen molar-refractivity contribution in [3.63, 3.8) is 0 Å². The third-order valence-electron chi connectivity index (χ3n) is 10.2. The number of piperidine rings is 2. The average Bonchev–Trinajstić information content (AvgIpc) is 3.45. The van der Waals surface area contributed by atoms with Gasteiger partial charge in [-0.2, -0.15) is 0 Å². The summed E-state index contributed by atoms with van der Waals surface area (Å²) in [4.78, 5) is 23.8. The van der Waals surface area contributed by atoms with Gasteiger partial charge in [0.1, 0.15) is 5.82 Å². The molecule has 0 N–H and O–H groups in total. The van der Waals surface area contributed by atoms with Crippen molar-refractivity contribution < 1.29 is 4.79 Å². The second kappa shape index (κ2) is 11.2. The summed E-state index contributed by atoms with van der Waals surface area (Å²) < 4.78 is 2.41. The SMILES string of the molecule is Cc1cc(C)cc(C(=O)N2CCC(N3CCC4(CC3)c3ccccc3CCn3ccnc34)CC2Cc2ccccc2)c1. The molecular weight excluding hydrogens is 516 g/mol. The van der Waals surface area contributed by atoms with Crippen LogP contribution in [0.2, 0.25) is 0 Å². The van der Waals surface area contributed by atoms with Crippen molar-refractivity contribution in [3.05, 3.63) is 124 Å². The molecule has 42 heavy (non-hydrogen) atoms. The zero-order valence-electron chi connectivity index (χ0n) is 25.0. The first-order chi connectivity index (χ1) is 20.5. The van der Waals surface area contributed by atoms with Gasteiger partial charge < -0.3 is 14.4 Å². The number of hydrogen-bond donors (Lipinski definition) is 0. The lowest BCUT2D eigenvalue weighted by molar-refractivity contribution is 0.0342. The number of benzene rings is 3. The molecule has 2 fully saturated rings. The maximum atomic E-state index is 13.9. The van der Waals surface area contributed by atoms with Crippen molar-refractivity contribution in [2.45, 2.75) is 76.4 Å². The van der Waals surface area contributed by atoms with Crippen LogP contribution in [-0.4, -0.2) is 57.0 Å². The van der Waals surface area contributed by atoms with Crippen molar-refractivity contribution in [2.75, 3.05) is 19.6 Å². The van der Waals surface area contributed by atoms with E-state index in [0.29, 0.717) is 6.04 Å². The van der Waals surface area contributed by atoms with Gasteiger partial charge in [-0.1, -0.05) is 71.8 Å². The van der Waals surface area contributed by atoms with Gasteiger partial charge in [0.15, 0.2) is 0 Å². The first kappa shape index (κ1) is 27.2. The fraction of sp³-hybridized carbons (Fsp3) is 0.405. The van der Waals surface area contributed by atoms with Crippen LogP contribution in [0.5, 0.6) is 0 Å². The Labute approximate surface area is 250 Å². The maximum Gasteiger partial charge on any atom is 0.254 e. The van der Waals surface area contributed by atoms with Crippen molar-refractivity contribution >= 4 is 5.91 Å². The number of aromatic nitrogens is 2. The number of nitrogens with zero attached hydrogens (tertiary/aromatic N) is 4. The van der Waals surface area contributed by atoms with E-state index in [4.69, 9.17) is 4.98 Å². The molecule has 0 saturated carbocycles. The molecule has 2 atom stereocenters. The molecule has 2 saturated heterocycles. The lowest BCUT2D eigenvalue weighted by Gasteiger charge is -2.48. The van der Waals surface area contributed by atoms with Crippen molar-refractivity contribution in [3.8, 4) is 0 Å². The Morgan fingerprint density at radius 1 is 0.905 bits per heavy atom. The molecule has 4 heterocycles. The summed E-state index contributed by atoms with van der Waals surface area (Å²) in [6.45, 7) is 8.11. The summed E-state index contributed by atoms with van der Waals surface area (Å²) in [5, 5.41) is 0. The summed E-state index contributed by atoms with van der Waals surface area (Å²) >= 11 is 0. The van der Waals surface area contributed by atoms with Gasteiger partial charge in [-0.25, -0.2) is 4.98 Å². The highest BCUT2D eigenvalue weighted by Crippen LogP contribution is 2.45. The lowest BCUT2D eigenvalue weighted by atomic mass is 9.70. The number of carbonyl (C=O) groups excluding carboxylic acids is 1. The van der Waals surface area contributed by atoms with Crippen LogP contribution in [0, 0.1) is 13.8 Å². The van der Waals surface area contributed by atoms with Crippen LogP contribution in [0.25, 0.3) is 0 Å². The van der Waals surface area contributed by atoms with Crippen LogP contribution in [0.15, 0.2) is 85.2 Å². The molecule has 7 rings (SSSR count). The number of amides is 1. The Balaban J connectivity index is 1.13. The van der Waals surface area contributed by atoms with E-state index in [1.807, 2.05) is 6.20 Å². The normalized spacial score (nSPS) is 21.9. The molecule has 3 aliphatic rings. The number of fused-ring (bicyclic) bond motifs is 4. The average molecular weight is 559 g/mol. The van der Waals surface area contributed by atoms with E-state index in [1.165, 1.54) is 22.5 Å². The fourth-order valence-corrected chi connectivity index (χ4v) is 8.21. The Hall–Kier alpha value is -3.70. The second-order valence-corrected chi connectivity index (χ2v) is 12.9. The van der Waals surface area contributed by atoms with E-state index in [9.17, 15) is 4.79 Å². The molecule has 1 amide bonds. The van der Waals surface area contributed by atoms with Crippen LogP contribution in [0.3, 0.4) is 0 Å². The minimum atomic E-state index is -0.0176. The molecule has 4 aromatic rings. The van der Waals surface area contributed by atoms with Crippen LogP contribution in [-0.2, 0) is 24.8 Å². The molecule has 3 aliphatic heterocycles. The minimum Gasteiger partial charge on any atom is -0.335 e. The molecular formula is C37H42N4O. The molecule has 2 unspecified atom stereocenters. The third-order valence-corrected chi connectivity index (χ3v) is 10.2. The van der Waals surface area contributed by atoms with Crippen molar-refractivity contribution in [2.24, 2.45) is 0 Å². The predicted molar refractivity (Wildman–Crippen MR) is 168 cm³/mol. The van der Waals surface area contributed by atoms with Gasteiger partial charge in [0, 0.05) is 43.1 Å². The fourth-order valence-electron chi connectivity index (χ4n) is 8.21. The van der Waals surface area contributed by atoms with Gasteiger partial charge in [0.2, 0.25) is 0 Å². The van der Waals surface area contributed by atoms with Gasteiger partial charge in [-0.3, -0.25) is 4.79 Å². The Morgan fingerprint density at radius 2 is 1.64 bits per heavy atom. The largest absolute Gasteiger partial charge is 0.335 e. The first-order valence-electron chi connectivity index (χ1n) is 15.8. The number of imidazole rings is 1. The van der Waals surface area contributed by atoms with E-state index in [-0.39, 0.29) is 17.4 Å². The molecule has 1 spiro atoms. The molecule has 0 bridgehead atoms. The first-order valence-corrected chi connectivity index (χ1v) is 15.8. The highest BCUT2D eigenvalue weighted by Gasteiger charge is 2.45. The number of aryl methyl sites for hydroxylation is 4. The van der Waals surface area contributed by atoms with Crippen LogP contribution in [0.4, 0.5) is 0 Å². The van der Waals surface area contributed by atoms with E-state index in [0.717, 1.165) is 81.4 Å². The molecule has 0 aliphatic carbocycles. The third kappa shape index (κ3) is 4.98. The van der Waals surface area contributed by atoms with E-state index >= 15 is 0 Å². The summed E-state index contributed by atoms with van der Waals surface area (Å²) in [5.74, 6) is 1.43. The molecule has 0 radical (unpaired) electrons. The van der Waals surface area contributed by atoms with Crippen molar-refractivity contribution in [1.82, 2.24) is 19.4 Å². The zero-order chi connectivity index (χ0) is 28.7. The number of carbonyl (C=O) groups is 1. The summed E-state index contributed by atoms with van der Waals surface area (Å²) in [6.07, 6.45) is 10.4. The number of likely N-dealkylation sites (tertiary alicyclic amines) is 2.